The monoisotopic (exact) mass is 312 g/mol. The molecule has 2 heterocycles. The lowest BCUT2D eigenvalue weighted by molar-refractivity contribution is 0.173. The zero-order valence-electron chi connectivity index (χ0n) is 10.4. The SMILES string of the molecule is CN1CCC(NCc2cc(Br)c3c(c2)OCO3)C1. The van der Waals surface area contributed by atoms with Crippen LogP contribution in [0.3, 0.4) is 0 Å². The van der Waals surface area contributed by atoms with Gasteiger partial charge in [0.05, 0.1) is 4.47 Å². The van der Waals surface area contributed by atoms with Crippen molar-refractivity contribution in [1.29, 1.82) is 0 Å². The molecule has 1 unspecified atom stereocenters. The molecule has 1 atom stereocenters. The number of nitrogens with zero attached hydrogens (tertiary/aromatic N) is 1. The molecule has 0 saturated carbocycles. The zero-order chi connectivity index (χ0) is 12.5. The number of likely N-dealkylation sites (N-methyl/N-ethyl adjacent to an activating group) is 1. The molecule has 98 valence electrons. The van der Waals surface area contributed by atoms with Crippen molar-refractivity contribution in [3.8, 4) is 11.5 Å². The molecule has 0 aromatic heterocycles. The van der Waals surface area contributed by atoms with Gasteiger partial charge < -0.3 is 19.7 Å². The van der Waals surface area contributed by atoms with Crippen LogP contribution in [0.2, 0.25) is 0 Å². The van der Waals surface area contributed by atoms with E-state index in [2.05, 4.69) is 45.3 Å². The molecule has 1 fully saturated rings. The minimum Gasteiger partial charge on any atom is -0.454 e. The van der Waals surface area contributed by atoms with E-state index in [1.165, 1.54) is 18.5 Å². The number of halogens is 1. The molecule has 1 aromatic carbocycles. The minimum atomic E-state index is 0.318. The Morgan fingerprint density at radius 1 is 1.44 bits per heavy atom. The molecule has 1 aromatic rings. The Hall–Kier alpha value is -0.780. The fraction of sp³-hybridized carbons (Fsp3) is 0.538. The van der Waals surface area contributed by atoms with Crippen molar-refractivity contribution in [3.63, 3.8) is 0 Å². The summed E-state index contributed by atoms with van der Waals surface area (Å²) in [6, 6.07) is 4.75. The van der Waals surface area contributed by atoms with E-state index < -0.39 is 0 Å². The second-order valence-corrected chi connectivity index (χ2v) is 5.79. The summed E-state index contributed by atoms with van der Waals surface area (Å²) >= 11 is 3.52. The van der Waals surface area contributed by atoms with Gasteiger partial charge in [-0.2, -0.15) is 0 Å². The van der Waals surface area contributed by atoms with Crippen LogP contribution in [0.5, 0.6) is 11.5 Å². The third kappa shape index (κ3) is 2.48. The van der Waals surface area contributed by atoms with E-state index in [1.807, 2.05) is 0 Å². The van der Waals surface area contributed by atoms with Crippen LogP contribution in [0, 0.1) is 0 Å². The van der Waals surface area contributed by atoms with Gasteiger partial charge in [0.1, 0.15) is 0 Å². The first-order chi connectivity index (χ1) is 8.72. The van der Waals surface area contributed by atoms with Crippen LogP contribution in [-0.4, -0.2) is 37.9 Å². The fourth-order valence-corrected chi connectivity index (χ4v) is 3.09. The first-order valence-corrected chi connectivity index (χ1v) is 7.01. The second kappa shape index (κ2) is 5.07. The Labute approximate surface area is 115 Å². The molecule has 4 nitrogen and oxygen atoms in total. The summed E-state index contributed by atoms with van der Waals surface area (Å²) in [6.45, 7) is 3.50. The van der Waals surface area contributed by atoms with E-state index in [1.54, 1.807) is 0 Å². The molecular weight excluding hydrogens is 296 g/mol. The summed E-state index contributed by atoms with van der Waals surface area (Å²) in [5.41, 5.74) is 1.22. The molecule has 0 bridgehead atoms. The number of nitrogens with one attached hydrogen (secondary N) is 1. The topological polar surface area (TPSA) is 33.7 Å². The van der Waals surface area contributed by atoms with E-state index in [0.717, 1.165) is 29.1 Å². The molecule has 1 N–H and O–H groups in total. The maximum atomic E-state index is 5.42. The molecular formula is C13H17BrN2O2. The lowest BCUT2D eigenvalue weighted by Crippen LogP contribution is -2.30. The van der Waals surface area contributed by atoms with Crippen LogP contribution in [0.15, 0.2) is 16.6 Å². The Kier molecular flexibility index (Phi) is 3.46. The minimum absolute atomic E-state index is 0.318. The van der Waals surface area contributed by atoms with Gasteiger partial charge in [0.25, 0.3) is 0 Å². The van der Waals surface area contributed by atoms with Crippen molar-refractivity contribution in [3.05, 3.63) is 22.2 Å². The third-order valence-electron chi connectivity index (χ3n) is 3.47. The van der Waals surface area contributed by atoms with E-state index in [0.29, 0.717) is 12.8 Å². The molecule has 5 heteroatoms. The van der Waals surface area contributed by atoms with Crippen molar-refractivity contribution in [1.82, 2.24) is 10.2 Å². The molecule has 2 aliphatic heterocycles. The molecule has 3 rings (SSSR count). The number of hydrogen-bond donors (Lipinski definition) is 1. The Balaban J connectivity index is 1.65. The number of benzene rings is 1. The Morgan fingerprint density at radius 2 is 2.33 bits per heavy atom. The smallest absolute Gasteiger partial charge is 0.231 e. The zero-order valence-corrected chi connectivity index (χ0v) is 12.0. The number of fused-ring (bicyclic) bond motifs is 1. The first kappa shape index (κ1) is 12.3. The van der Waals surface area contributed by atoms with E-state index >= 15 is 0 Å². The lowest BCUT2D eigenvalue weighted by atomic mass is 10.2. The predicted molar refractivity (Wildman–Crippen MR) is 73.0 cm³/mol. The van der Waals surface area contributed by atoms with Crippen molar-refractivity contribution in [2.75, 3.05) is 26.9 Å². The average Bonchev–Trinajstić information content (AvgIpc) is 2.95. The molecule has 0 radical (unpaired) electrons. The number of rotatable bonds is 3. The van der Waals surface area contributed by atoms with E-state index in [4.69, 9.17) is 9.47 Å². The Bertz CT molecular complexity index is 453. The fourth-order valence-electron chi connectivity index (χ4n) is 2.49. The maximum Gasteiger partial charge on any atom is 0.231 e. The number of ether oxygens (including phenoxy) is 2. The van der Waals surface area contributed by atoms with Crippen LogP contribution >= 0.6 is 15.9 Å². The summed E-state index contributed by atoms with van der Waals surface area (Å²) in [4.78, 5) is 2.35. The predicted octanol–water partition coefficient (Wildman–Crippen LogP) is 1.97. The van der Waals surface area contributed by atoms with Gasteiger partial charge in [-0.3, -0.25) is 0 Å². The average molecular weight is 313 g/mol. The molecule has 0 amide bonds. The molecule has 18 heavy (non-hydrogen) atoms. The highest BCUT2D eigenvalue weighted by atomic mass is 79.9. The van der Waals surface area contributed by atoms with E-state index in [9.17, 15) is 0 Å². The largest absolute Gasteiger partial charge is 0.454 e. The molecule has 1 saturated heterocycles. The maximum absolute atomic E-state index is 5.42. The number of hydrogen-bond acceptors (Lipinski definition) is 4. The van der Waals surface area contributed by atoms with Crippen molar-refractivity contribution < 1.29 is 9.47 Å². The first-order valence-electron chi connectivity index (χ1n) is 6.22. The van der Waals surface area contributed by atoms with Gasteiger partial charge in [0.2, 0.25) is 6.79 Å². The third-order valence-corrected chi connectivity index (χ3v) is 4.06. The van der Waals surface area contributed by atoms with Gasteiger partial charge in [-0.1, -0.05) is 0 Å². The van der Waals surface area contributed by atoms with Crippen molar-refractivity contribution in [2.45, 2.75) is 19.0 Å². The van der Waals surface area contributed by atoms with Crippen LogP contribution in [0.4, 0.5) is 0 Å². The number of likely N-dealkylation sites (tertiary alicyclic amines) is 1. The second-order valence-electron chi connectivity index (χ2n) is 4.94. The van der Waals surface area contributed by atoms with Crippen LogP contribution in [0.25, 0.3) is 0 Å². The summed E-state index contributed by atoms with van der Waals surface area (Å²) in [5.74, 6) is 1.66. The highest BCUT2D eigenvalue weighted by molar-refractivity contribution is 9.10. The lowest BCUT2D eigenvalue weighted by Gasteiger charge is -2.13. The van der Waals surface area contributed by atoms with Crippen LogP contribution in [-0.2, 0) is 6.54 Å². The quantitative estimate of drug-likeness (QED) is 0.925. The van der Waals surface area contributed by atoms with Gasteiger partial charge in [-0.05, 0) is 53.6 Å². The highest BCUT2D eigenvalue weighted by Crippen LogP contribution is 2.39. The van der Waals surface area contributed by atoms with E-state index in [-0.39, 0.29) is 0 Å². The standard InChI is InChI=1S/C13H17BrN2O2/c1-16-3-2-10(7-16)15-6-9-4-11(14)13-12(5-9)17-8-18-13/h4-5,10,15H,2-3,6-8H2,1H3. The summed E-state index contributed by atoms with van der Waals surface area (Å²) in [5, 5.41) is 3.59. The van der Waals surface area contributed by atoms with Crippen molar-refractivity contribution >= 4 is 15.9 Å². The van der Waals surface area contributed by atoms with Gasteiger partial charge in [0.15, 0.2) is 11.5 Å². The molecule has 0 aliphatic carbocycles. The summed E-state index contributed by atoms with van der Waals surface area (Å²) in [7, 11) is 2.17. The normalized spacial score (nSPS) is 22.7. The Morgan fingerprint density at radius 3 is 3.11 bits per heavy atom. The van der Waals surface area contributed by atoms with Gasteiger partial charge >= 0.3 is 0 Å². The van der Waals surface area contributed by atoms with Crippen LogP contribution < -0.4 is 14.8 Å². The summed E-state index contributed by atoms with van der Waals surface area (Å²) in [6.07, 6.45) is 1.22. The highest BCUT2D eigenvalue weighted by Gasteiger charge is 2.20. The molecule has 0 spiro atoms. The van der Waals surface area contributed by atoms with Gasteiger partial charge in [-0.15, -0.1) is 0 Å². The van der Waals surface area contributed by atoms with Gasteiger partial charge in [0, 0.05) is 19.1 Å². The van der Waals surface area contributed by atoms with Crippen molar-refractivity contribution in [2.24, 2.45) is 0 Å². The molecule has 2 aliphatic rings. The van der Waals surface area contributed by atoms with Crippen LogP contribution in [0.1, 0.15) is 12.0 Å². The van der Waals surface area contributed by atoms with Gasteiger partial charge in [-0.25, -0.2) is 0 Å². The summed E-state index contributed by atoms with van der Waals surface area (Å²) < 4.78 is 11.8.